The number of benzene rings is 1. The van der Waals surface area contributed by atoms with Gasteiger partial charge in [0.25, 0.3) is 0 Å². The number of aliphatic hydroxyl groups is 1. The molecule has 1 aromatic carbocycles. The number of nitrogens with zero attached hydrogens (tertiary/aromatic N) is 1. The second kappa shape index (κ2) is 9.84. The number of aromatic nitrogens is 1. The van der Waals surface area contributed by atoms with Crippen molar-refractivity contribution in [3.8, 4) is 11.3 Å². The summed E-state index contributed by atoms with van der Waals surface area (Å²) in [5, 5.41) is 15.7. The van der Waals surface area contributed by atoms with Crippen LogP contribution in [0.3, 0.4) is 0 Å². The van der Waals surface area contributed by atoms with Crippen molar-refractivity contribution >= 4 is 5.78 Å². The standard InChI is InChI=1S/C22H24F6N2O3/c1-12(21(23,24)25)29-11-17-19(18(32)10-13-2-8-16(31)9-3-13)30-33-20(17)14-4-6-15(7-5-14)22(26,27)28/h4-7,12-13,16,29,31H,2-3,8-11H2,1H3. The Labute approximate surface area is 186 Å². The average molecular weight is 478 g/mol. The summed E-state index contributed by atoms with van der Waals surface area (Å²) in [5.74, 6) is -0.482. The number of Topliss-reactive ketones (excluding diaryl/α,β-unsaturated/α-hetero) is 1. The maximum absolute atomic E-state index is 13.0. The Balaban J connectivity index is 1.87. The second-order valence-electron chi connectivity index (χ2n) is 8.36. The lowest BCUT2D eigenvalue weighted by Gasteiger charge is -2.24. The summed E-state index contributed by atoms with van der Waals surface area (Å²) in [4.78, 5) is 12.9. The molecule has 0 saturated heterocycles. The van der Waals surface area contributed by atoms with Crippen LogP contribution in [-0.4, -0.2) is 34.4 Å². The van der Waals surface area contributed by atoms with Crippen LogP contribution in [0.1, 0.15) is 60.6 Å². The number of carbonyl (C=O) groups excluding carboxylic acids is 1. The molecule has 1 aliphatic carbocycles. The lowest BCUT2D eigenvalue weighted by atomic mass is 9.83. The number of hydrogen-bond acceptors (Lipinski definition) is 5. The first kappa shape index (κ1) is 25.2. The van der Waals surface area contributed by atoms with E-state index in [-0.39, 0.29) is 34.9 Å². The lowest BCUT2D eigenvalue weighted by molar-refractivity contribution is -0.151. The number of ketones is 1. The molecule has 0 radical (unpaired) electrons. The molecule has 1 unspecified atom stereocenters. The lowest BCUT2D eigenvalue weighted by Crippen LogP contribution is -2.39. The van der Waals surface area contributed by atoms with Gasteiger partial charge in [-0.05, 0) is 50.7 Å². The zero-order chi connectivity index (χ0) is 24.4. The van der Waals surface area contributed by atoms with Crippen LogP contribution < -0.4 is 5.32 Å². The summed E-state index contributed by atoms with van der Waals surface area (Å²) in [5.41, 5.74) is -0.816. The van der Waals surface area contributed by atoms with Gasteiger partial charge in [-0.15, -0.1) is 0 Å². The highest BCUT2D eigenvalue weighted by molar-refractivity contribution is 5.97. The molecule has 0 bridgehead atoms. The fourth-order valence-electron chi connectivity index (χ4n) is 3.81. The van der Waals surface area contributed by atoms with Crippen molar-refractivity contribution in [3.05, 3.63) is 41.1 Å². The van der Waals surface area contributed by atoms with Gasteiger partial charge in [-0.2, -0.15) is 26.3 Å². The van der Waals surface area contributed by atoms with Gasteiger partial charge in [-0.1, -0.05) is 17.3 Å². The van der Waals surface area contributed by atoms with Gasteiger partial charge in [0.2, 0.25) is 0 Å². The quantitative estimate of drug-likeness (QED) is 0.405. The van der Waals surface area contributed by atoms with Crippen LogP contribution in [-0.2, 0) is 12.7 Å². The number of alkyl halides is 6. The minimum Gasteiger partial charge on any atom is -0.393 e. The highest BCUT2D eigenvalue weighted by Crippen LogP contribution is 2.34. The molecule has 1 heterocycles. The Morgan fingerprint density at radius 1 is 1.12 bits per heavy atom. The molecule has 1 aliphatic rings. The van der Waals surface area contributed by atoms with Crippen LogP contribution in [0.5, 0.6) is 0 Å². The topological polar surface area (TPSA) is 75.4 Å². The van der Waals surface area contributed by atoms with Gasteiger partial charge in [-0.25, -0.2) is 0 Å². The number of hydrogen-bond donors (Lipinski definition) is 2. The fourth-order valence-corrected chi connectivity index (χ4v) is 3.81. The molecule has 11 heteroatoms. The van der Waals surface area contributed by atoms with E-state index in [1.54, 1.807) is 0 Å². The Kier molecular flexibility index (Phi) is 7.52. The van der Waals surface area contributed by atoms with E-state index in [9.17, 15) is 36.2 Å². The molecule has 3 rings (SSSR count). The van der Waals surface area contributed by atoms with Crippen LogP contribution in [0.25, 0.3) is 11.3 Å². The van der Waals surface area contributed by atoms with Crippen molar-refractivity contribution in [2.24, 2.45) is 5.92 Å². The summed E-state index contributed by atoms with van der Waals surface area (Å²) in [6, 6.07) is 1.99. The molecule has 182 valence electrons. The summed E-state index contributed by atoms with van der Waals surface area (Å²) in [6.07, 6.45) is -7.01. The second-order valence-corrected chi connectivity index (χ2v) is 8.36. The minimum atomic E-state index is -4.55. The number of aliphatic hydroxyl groups excluding tert-OH is 1. The van der Waals surface area contributed by atoms with E-state index in [0.717, 1.165) is 31.2 Å². The monoisotopic (exact) mass is 478 g/mol. The van der Waals surface area contributed by atoms with Gasteiger partial charge in [0.15, 0.2) is 17.2 Å². The molecule has 33 heavy (non-hydrogen) atoms. The van der Waals surface area contributed by atoms with Gasteiger partial charge in [0.1, 0.15) is 6.04 Å². The van der Waals surface area contributed by atoms with E-state index in [2.05, 4.69) is 10.5 Å². The van der Waals surface area contributed by atoms with Crippen molar-refractivity contribution in [2.75, 3.05) is 0 Å². The first-order valence-electron chi connectivity index (χ1n) is 10.5. The third-order valence-corrected chi connectivity index (χ3v) is 5.89. The van der Waals surface area contributed by atoms with Crippen molar-refractivity contribution in [1.82, 2.24) is 10.5 Å². The van der Waals surface area contributed by atoms with Crippen LogP contribution in [0.4, 0.5) is 26.3 Å². The van der Waals surface area contributed by atoms with E-state index < -0.39 is 42.4 Å². The molecule has 1 fully saturated rings. The molecular formula is C22H24F6N2O3. The molecule has 2 aromatic rings. The number of nitrogens with one attached hydrogen (secondary N) is 1. The zero-order valence-electron chi connectivity index (χ0n) is 17.8. The van der Waals surface area contributed by atoms with E-state index in [0.29, 0.717) is 25.7 Å². The summed E-state index contributed by atoms with van der Waals surface area (Å²) < 4.78 is 82.7. The van der Waals surface area contributed by atoms with Crippen LogP contribution in [0, 0.1) is 5.92 Å². The van der Waals surface area contributed by atoms with Crippen molar-refractivity contribution < 1.29 is 40.8 Å². The van der Waals surface area contributed by atoms with E-state index in [1.807, 2.05) is 0 Å². The predicted octanol–water partition coefficient (Wildman–Crippen LogP) is 5.52. The molecule has 0 aliphatic heterocycles. The van der Waals surface area contributed by atoms with Crippen LogP contribution in [0.15, 0.2) is 28.8 Å². The molecule has 1 aromatic heterocycles. The Morgan fingerprint density at radius 2 is 1.73 bits per heavy atom. The number of halogens is 6. The molecule has 2 N–H and O–H groups in total. The number of rotatable bonds is 7. The van der Waals surface area contributed by atoms with Gasteiger partial charge in [0, 0.05) is 24.1 Å². The molecule has 1 atom stereocenters. The first-order valence-corrected chi connectivity index (χ1v) is 10.5. The third kappa shape index (κ3) is 6.35. The minimum absolute atomic E-state index is 0.00188. The maximum atomic E-state index is 13.0. The summed E-state index contributed by atoms with van der Waals surface area (Å²) >= 11 is 0. The van der Waals surface area contributed by atoms with Crippen LogP contribution >= 0.6 is 0 Å². The predicted molar refractivity (Wildman–Crippen MR) is 106 cm³/mol. The van der Waals surface area contributed by atoms with Crippen molar-refractivity contribution in [2.45, 2.75) is 70.1 Å². The van der Waals surface area contributed by atoms with E-state index in [1.165, 1.54) is 0 Å². The van der Waals surface area contributed by atoms with E-state index in [4.69, 9.17) is 4.52 Å². The highest BCUT2D eigenvalue weighted by atomic mass is 19.4. The Bertz CT molecular complexity index is 945. The molecule has 0 amide bonds. The van der Waals surface area contributed by atoms with E-state index >= 15 is 0 Å². The summed E-state index contributed by atoms with van der Waals surface area (Å²) in [6.45, 7) is 0.505. The molecule has 1 saturated carbocycles. The van der Waals surface area contributed by atoms with Gasteiger partial charge >= 0.3 is 12.4 Å². The fraction of sp³-hybridized carbons (Fsp3) is 0.545. The van der Waals surface area contributed by atoms with Crippen molar-refractivity contribution in [3.63, 3.8) is 0 Å². The smallest absolute Gasteiger partial charge is 0.393 e. The zero-order valence-corrected chi connectivity index (χ0v) is 17.8. The van der Waals surface area contributed by atoms with Gasteiger partial charge < -0.3 is 14.9 Å². The Morgan fingerprint density at radius 3 is 2.27 bits per heavy atom. The maximum Gasteiger partial charge on any atom is 0.416 e. The third-order valence-electron chi connectivity index (χ3n) is 5.89. The number of carbonyl (C=O) groups is 1. The average Bonchev–Trinajstić information content (AvgIpc) is 3.16. The molecule has 5 nitrogen and oxygen atoms in total. The van der Waals surface area contributed by atoms with Crippen LogP contribution in [0.2, 0.25) is 0 Å². The normalized spacial score (nSPS) is 20.6. The van der Waals surface area contributed by atoms with Gasteiger partial charge in [0.05, 0.1) is 11.7 Å². The molecular weight excluding hydrogens is 454 g/mol. The largest absolute Gasteiger partial charge is 0.416 e. The first-order chi connectivity index (χ1) is 15.4. The van der Waals surface area contributed by atoms with Crippen molar-refractivity contribution in [1.29, 1.82) is 0 Å². The Hall–Kier alpha value is -2.40. The highest BCUT2D eigenvalue weighted by Gasteiger charge is 2.36. The van der Waals surface area contributed by atoms with Gasteiger partial charge in [-0.3, -0.25) is 4.79 Å². The summed E-state index contributed by atoms with van der Waals surface area (Å²) in [7, 11) is 0. The SMILES string of the molecule is CC(NCc1c(C(=O)CC2CCC(O)CC2)noc1-c1ccc(C(F)(F)F)cc1)C(F)(F)F. The molecule has 0 spiro atoms.